The Kier molecular flexibility index (Phi) is 4.38. The second kappa shape index (κ2) is 6.26. The van der Waals surface area contributed by atoms with E-state index in [1.54, 1.807) is 6.07 Å². The van der Waals surface area contributed by atoms with Crippen LogP contribution in [0.3, 0.4) is 0 Å². The van der Waals surface area contributed by atoms with E-state index >= 15 is 0 Å². The molecule has 21 heavy (non-hydrogen) atoms. The van der Waals surface area contributed by atoms with Crippen molar-refractivity contribution in [2.75, 3.05) is 26.3 Å². The Labute approximate surface area is 133 Å². The minimum atomic E-state index is 0.0904. The topological polar surface area (TPSA) is 38.8 Å². The van der Waals surface area contributed by atoms with Crippen LogP contribution in [0.5, 0.6) is 11.5 Å². The highest BCUT2D eigenvalue weighted by Gasteiger charge is 2.26. The van der Waals surface area contributed by atoms with Crippen molar-refractivity contribution in [3.05, 3.63) is 23.8 Å². The van der Waals surface area contributed by atoms with Crippen molar-refractivity contribution >= 4 is 21.8 Å². The maximum Gasteiger partial charge on any atom is 0.253 e. The van der Waals surface area contributed by atoms with Crippen molar-refractivity contribution in [2.45, 2.75) is 24.6 Å². The van der Waals surface area contributed by atoms with Crippen LogP contribution in [0.15, 0.2) is 18.2 Å². The molecule has 114 valence electrons. The van der Waals surface area contributed by atoms with Crippen molar-refractivity contribution in [1.82, 2.24) is 4.90 Å². The minimum Gasteiger partial charge on any atom is -0.486 e. The summed E-state index contributed by atoms with van der Waals surface area (Å²) in [7, 11) is 0. The number of likely N-dealkylation sites (tertiary alicyclic amines) is 1. The minimum absolute atomic E-state index is 0.0904. The van der Waals surface area contributed by atoms with Gasteiger partial charge in [0.2, 0.25) is 0 Å². The first-order valence-electron chi connectivity index (χ1n) is 7.48. The molecule has 0 N–H and O–H groups in total. The molecule has 0 radical (unpaired) electrons. The summed E-state index contributed by atoms with van der Waals surface area (Å²) in [4.78, 5) is 15.0. The fraction of sp³-hybridized carbons (Fsp3) is 0.562. The van der Waals surface area contributed by atoms with Crippen molar-refractivity contribution in [3.8, 4) is 11.5 Å². The molecule has 0 spiro atoms. The maximum atomic E-state index is 12.6. The van der Waals surface area contributed by atoms with Crippen LogP contribution in [0, 0.1) is 5.92 Å². The van der Waals surface area contributed by atoms with Gasteiger partial charge in [0, 0.05) is 23.5 Å². The molecule has 3 rings (SSSR count). The first-order chi connectivity index (χ1) is 10.1. The summed E-state index contributed by atoms with van der Waals surface area (Å²) in [6.07, 6.45) is 2.12. The van der Waals surface area contributed by atoms with Gasteiger partial charge < -0.3 is 14.4 Å². The molecule has 1 atom stereocenters. The molecule has 0 bridgehead atoms. The monoisotopic (exact) mass is 353 g/mol. The summed E-state index contributed by atoms with van der Waals surface area (Å²) in [6, 6.07) is 5.46. The van der Waals surface area contributed by atoms with E-state index in [1.807, 2.05) is 17.0 Å². The molecule has 0 aliphatic carbocycles. The third-order valence-electron chi connectivity index (χ3n) is 4.27. The number of alkyl halides is 1. The Morgan fingerprint density at radius 1 is 1.24 bits per heavy atom. The van der Waals surface area contributed by atoms with E-state index < -0.39 is 0 Å². The average Bonchev–Trinajstić information content (AvgIpc) is 2.54. The van der Waals surface area contributed by atoms with Crippen molar-refractivity contribution in [3.63, 3.8) is 0 Å². The number of ether oxygens (including phenoxy) is 2. The normalized spacial score (nSPS) is 20.2. The number of halogens is 1. The molecule has 2 aliphatic heterocycles. The van der Waals surface area contributed by atoms with Crippen molar-refractivity contribution in [1.29, 1.82) is 0 Å². The van der Waals surface area contributed by atoms with Crippen molar-refractivity contribution in [2.24, 2.45) is 5.92 Å². The van der Waals surface area contributed by atoms with Crippen LogP contribution in [0.25, 0.3) is 0 Å². The zero-order valence-corrected chi connectivity index (χ0v) is 13.8. The zero-order chi connectivity index (χ0) is 14.8. The molecule has 1 fully saturated rings. The summed E-state index contributed by atoms with van der Waals surface area (Å²) >= 11 is 3.65. The average molecular weight is 354 g/mol. The van der Waals surface area contributed by atoms with E-state index in [0.29, 0.717) is 35.3 Å². The molecule has 1 saturated heterocycles. The highest BCUT2D eigenvalue weighted by Crippen LogP contribution is 2.32. The van der Waals surface area contributed by atoms with E-state index in [1.165, 1.54) is 0 Å². The lowest BCUT2D eigenvalue weighted by Crippen LogP contribution is -2.40. The predicted octanol–water partition coefficient (Wildman–Crippen LogP) is 3.09. The second-order valence-corrected chi connectivity index (χ2v) is 7.11. The van der Waals surface area contributed by atoms with E-state index in [9.17, 15) is 4.79 Å². The fourth-order valence-corrected chi connectivity index (χ4v) is 3.45. The number of rotatable bonds is 2. The lowest BCUT2D eigenvalue weighted by Gasteiger charge is -2.33. The van der Waals surface area contributed by atoms with Gasteiger partial charge >= 0.3 is 0 Å². The van der Waals surface area contributed by atoms with Gasteiger partial charge in [-0.15, -0.1) is 0 Å². The summed E-state index contributed by atoms with van der Waals surface area (Å²) in [6.45, 7) is 4.95. The Balaban J connectivity index is 1.68. The molecule has 1 aromatic rings. The van der Waals surface area contributed by atoms with Gasteiger partial charge in [0.25, 0.3) is 5.91 Å². The number of hydrogen-bond acceptors (Lipinski definition) is 3. The molecule has 0 aromatic heterocycles. The number of hydrogen-bond donors (Lipinski definition) is 0. The molecule has 2 aliphatic rings. The van der Waals surface area contributed by atoms with Gasteiger partial charge in [-0.25, -0.2) is 0 Å². The standard InChI is InChI=1S/C16H20BrNO3/c1-11(17)12-4-6-18(7-5-12)16(19)13-2-3-14-15(10-13)21-9-8-20-14/h2-3,10-12H,4-9H2,1H3. The quantitative estimate of drug-likeness (QED) is 0.767. The molecular weight excluding hydrogens is 334 g/mol. The number of carbonyl (C=O) groups excluding carboxylic acids is 1. The van der Waals surface area contributed by atoms with Gasteiger partial charge in [-0.2, -0.15) is 0 Å². The van der Waals surface area contributed by atoms with Crippen LogP contribution in [-0.4, -0.2) is 41.9 Å². The van der Waals surface area contributed by atoms with Crippen LogP contribution in [0.4, 0.5) is 0 Å². The Morgan fingerprint density at radius 2 is 1.90 bits per heavy atom. The van der Waals surface area contributed by atoms with E-state index in [0.717, 1.165) is 31.7 Å². The SMILES string of the molecule is CC(Br)C1CCN(C(=O)c2ccc3c(c2)OCCO3)CC1. The van der Waals surface area contributed by atoms with E-state index in [4.69, 9.17) is 9.47 Å². The molecule has 0 saturated carbocycles. The zero-order valence-electron chi connectivity index (χ0n) is 12.2. The number of nitrogens with zero attached hydrogens (tertiary/aromatic N) is 1. The summed E-state index contributed by atoms with van der Waals surface area (Å²) in [5.41, 5.74) is 0.685. The molecule has 1 unspecified atom stereocenters. The second-order valence-electron chi connectivity index (χ2n) is 5.67. The predicted molar refractivity (Wildman–Crippen MR) is 84.4 cm³/mol. The van der Waals surface area contributed by atoms with Gasteiger partial charge in [0.1, 0.15) is 13.2 Å². The lowest BCUT2D eigenvalue weighted by molar-refractivity contribution is 0.0690. The van der Waals surface area contributed by atoms with Crippen LogP contribution < -0.4 is 9.47 Å². The molecule has 5 heteroatoms. The van der Waals surface area contributed by atoms with Crippen LogP contribution in [-0.2, 0) is 0 Å². The van der Waals surface area contributed by atoms with Crippen LogP contribution in [0.2, 0.25) is 0 Å². The first-order valence-corrected chi connectivity index (χ1v) is 8.39. The maximum absolute atomic E-state index is 12.6. The third-order valence-corrected chi connectivity index (χ3v) is 5.01. The summed E-state index contributed by atoms with van der Waals surface area (Å²) in [5.74, 6) is 2.16. The molecular formula is C16H20BrNO3. The van der Waals surface area contributed by atoms with Gasteiger partial charge in [-0.1, -0.05) is 22.9 Å². The number of benzene rings is 1. The lowest BCUT2D eigenvalue weighted by atomic mass is 9.94. The van der Waals surface area contributed by atoms with E-state index in [-0.39, 0.29) is 5.91 Å². The van der Waals surface area contributed by atoms with Gasteiger partial charge in [0.15, 0.2) is 11.5 Å². The van der Waals surface area contributed by atoms with Gasteiger partial charge in [-0.05, 0) is 37.0 Å². The molecule has 1 aromatic carbocycles. The number of piperidine rings is 1. The Morgan fingerprint density at radius 3 is 2.57 bits per heavy atom. The van der Waals surface area contributed by atoms with Crippen LogP contribution in [0.1, 0.15) is 30.1 Å². The Hall–Kier alpha value is -1.23. The number of fused-ring (bicyclic) bond motifs is 1. The van der Waals surface area contributed by atoms with E-state index in [2.05, 4.69) is 22.9 Å². The molecule has 4 nitrogen and oxygen atoms in total. The highest BCUT2D eigenvalue weighted by atomic mass is 79.9. The summed E-state index contributed by atoms with van der Waals surface area (Å²) < 4.78 is 11.0. The molecule has 1 amide bonds. The number of amides is 1. The van der Waals surface area contributed by atoms with Crippen molar-refractivity contribution < 1.29 is 14.3 Å². The van der Waals surface area contributed by atoms with Gasteiger partial charge in [0.05, 0.1) is 0 Å². The van der Waals surface area contributed by atoms with Gasteiger partial charge in [-0.3, -0.25) is 4.79 Å². The Bertz CT molecular complexity index is 524. The summed E-state index contributed by atoms with van der Waals surface area (Å²) in [5, 5.41) is 0. The smallest absolute Gasteiger partial charge is 0.253 e. The fourth-order valence-electron chi connectivity index (χ4n) is 2.92. The first kappa shape index (κ1) is 14.7. The largest absolute Gasteiger partial charge is 0.486 e. The van der Waals surface area contributed by atoms with Crippen LogP contribution >= 0.6 is 15.9 Å². The third kappa shape index (κ3) is 3.18. The number of carbonyl (C=O) groups is 1. The highest BCUT2D eigenvalue weighted by molar-refractivity contribution is 9.09. The molecule has 2 heterocycles.